The molecule has 0 amide bonds. The highest BCUT2D eigenvalue weighted by atomic mass is 32.2. The fraction of sp³-hybridized carbons (Fsp3) is 0.500. The Morgan fingerprint density at radius 3 is 2.65 bits per heavy atom. The van der Waals surface area contributed by atoms with Crippen LogP contribution in [0.25, 0.3) is 0 Å². The van der Waals surface area contributed by atoms with Gasteiger partial charge < -0.3 is 11.1 Å². The minimum absolute atomic E-state index is 0.0322. The van der Waals surface area contributed by atoms with E-state index in [2.05, 4.69) is 15.3 Å². The van der Waals surface area contributed by atoms with Gasteiger partial charge in [0.1, 0.15) is 11.6 Å². The molecule has 0 aromatic carbocycles. The molecule has 17 heavy (non-hydrogen) atoms. The van der Waals surface area contributed by atoms with Crippen molar-refractivity contribution < 1.29 is 17.4 Å². The average molecular weight is 268 g/mol. The topological polar surface area (TPSA) is 80.9 Å². The summed E-state index contributed by atoms with van der Waals surface area (Å²) in [5, 5.41) is 2.61. The molecule has 1 aromatic heterocycles. The van der Waals surface area contributed by atoms with E-state index in [1.807, 2.05) is 0 Å². The molecule has 0 aliphatic carbocycles. The second-order valence-electron chi connectivity index (χ2n) is 3.20. The first-order valence-electron chi connectivity index (χ1n) is 4.54. The van der Waals surface area contributed by atoms with Gasteiger partial charge in [0.05, 0.1) is 0 Å². The van der Waals surface area contributed by atoms with Crippen LogP contribution in [0, 0.1) is 0 Å². The van der Waals surface area contributed by atoms with Crippen LogP contribution < -0.4 is 11.1 Å². The molecule has 0 saturated heterocycles. The van der Waals surface area contributed by atoms with Crippen LogP contribution in [0.15, 0.2) is 6.07 Å². The number of hydrogen-bond donors (Lipinski definition) is 2. The van der Waals surface area contributed by atoms with Gasteiger partial charge in [0.25, 0.3) is 0 Å². The molecule has 0 aliphatic heterocycles. The lowest BCUT2D eigenvalue weighted by Gasteiger charge is -2.09. The van der Waals surface area contributed by atoms with Crippen molar-refractivity contribution in [1.29, 1.82) is 0 Å². The zero-order valence-electron chi connectivity index (χ0n) is 8.91. The monoisotopic (exact) mass is 268 g/mol. The molecule has 0 bridgehead atoms. The summed E-state index contributed by atoms with van der Waals surface area (Å²) in [6.45, 7) is 0.247. The Balaban J connectivity index is 2.79. The molecule has 0 saturated carbocycles. The number of hydrogen-bond acceptors (Lipinski definition) is 5. The number of rotatable bonds is 4. The predicted octanol–water partition coefficient (Wildman–Crippen LogP) is 0.868. The van der Waals surface area contributed by atoms with Crippen molar-refractivity contribution in [2.45, 2.75) is 6.18 Å². The first-order valence-corrected chi connectivity index (χ1v) is 6.27. The molecule has 9 heteroatoms. The SMILES string of the molecule is CS(=O)CCNc1cc(N)nc(C(F)(F)F)n1. The van der Waals surface area contributed by atoms with E-state index in [4.69, 9.17) is 5.73 Å². The Bertz CT molecular complexity index is 424. The molecule has 96 valence electrons. The van der Waals surface area contributed by atoms with E-state index in [9.17, 15) is 17.4 Å². The summed E-state index contributed by atoms with van der Waals surface area (Å²) in [5.74, 6) is -1.29. The normalized spacial score (nSPS) is 13.4. The largest absolute Gasteiger partial charge is 0.451 e. The molecule has 1 unspecified atom stereocenters. The van der Waals surface area contributed by atoms with Crippen LogP contribution in [0.1, 0.15) is 5.82 Å². The van der Waals surface area contributed by atoms with Gasteiger partial charge in [0.2, 0.25) is 5.82 Å². The third-order valence-electron chi connectivity index (χ3n) is 1.70. The fourth-order valence-corrected chi connectivity index (χ4v) is 1.40. The standard InChI is InChI=1S/C8H11F3N4OS/c1-17(16)3-2-13-6-4-5(12)14-7(15-6)8(9,10)11/h4H,2-3H2,1H3,(H3,12,13,14,15). The maximum atomic E-state index is 12.3. The highest BCUT2D eigenvalue weighted by Crippen LogP contribution is 2.27. The van der Waals surface area contributed by atoms with Crippen LogP contribution in [-0.2, 0) is 17.0 Å². The Morgan fingerprint density at radius 2 is 2.12 bits per heavy atom. The van der Waals surface area contributed by atoms with Gasteiger partial charge in [-0.2, -0.15) is 13.2 Å². The number of nitrogens with zero attached hydrogens (tertiary/aromatic N) is 2. The van der Waals surface area contributed by atoms with Gasteiger partial charge in [0.15, 0.2) is 0 Å². The number of alkyl halides is 3. The number of aromatic nitrogens is 2. The third kappa shape index (κ3) is 4.55. The van der Waals surface area contributed by atoms with Gasteiger partial charge >= 0.3 is 6.18 Å². The molecule has 5 nitrogen and oxygen atoms in total. The summed E-state index contributed by atoms with van der Waals surface area (Å²) in [4.78, 5) is 6.37. The van der Waals surface area contributed by atoms with Crippen LogP contribution >= 0.6 is 0 Å². The molecule has 1 aromatic rings. The Labute approximate surface area is 98.1 Å². The number of nitrogens with two attached hydrogens (primary N) is 1. The van der Waals surface area contributed by atoms with Crippen LogP contribution in [0.5, 0.6) is 0 Å². The van der Waals surface area contributed by atoms with Crippen LogP contribution in [0.2, 0.25) is 0 Å². The fourth-order valence-electron chi connectivity index (χ4n) is 1.01. The first-order chi connectivity index (χ1) is 7.79. The molecule has 1 atom stereocenters. The first kappa shape index (κ1) is 13.7. The van der Waals surface area contributed by atoms with E-state index in [-0.39, 0.29) is 18.2 Å². The number of anilines is 2. The zero-order valence-corrected chi connectivity index (χ0v) is 9.73. The van der Waals surface area contributed by atoms with Gasteiger partial charge in [0, 0.05) is 35.4 Å². The molecular weight excluding hydrogens is 257 g/mol. The van der Waals surface area contributed by atoms with Gasteiger partial charge in [-0.05, 0) is 0 Å². The summed E-state index contributed by atoms with van der Waals surface area (Å²) >= 11 is 0. The molecule has 0 fully saturated rings. The minimum atomic E-state index is -4.64. The van der Waals surface area contributed by atoms with Gasteiger partial charge in [-0.15, -0.1) is 0 Å². The smallest absolute Gasteiger partial charge is 0.384 e. The molecule has 0 radical (unpaired) electrons. The quantitative estimate of drug-likeness (QED) is 0.846. The van der Waals surface area contributed by atoms with Crippen LogP contribution in [0.3, 0.4) is 0 Å². The number of nitrogens with one attached hydrogen (secondary N) is 1. The minimum Gasteiger partial charge on any atom is -0.384 e. The van der Waals surface area contributed by atoms with Gasteiger partial charge in [-0.3, -0.25) is 4.21 Å². The number of nitrogen functional groups attached to an aromatic ring is 1. The summed E-state index contributed by atoms with van der Waals surface area (Å²) in [7, 11) is -1.03. The lowest BCUT2D eigenvalue weighted by atomic mass is 10.4. The molecule has 1 rings (SSSR count). The maximum absolute atomic E-state index is 12.3. The second-order valence-corrected chi connectivity index (χ2v) is 4.76. The highest BCUT2D eigenvalue weighted by Gasteiger charge is 2.35. The van der Waals surface area contributed by atoms with Crippen molar-refractivity contribution in [3.8, 4) is 0 Å². The molecule has 3 N–H and O–H groups in total. The molecule has 0 spiro atoms. The van der Waals surface area contributed by atoms with Crippen LogP contribution in [0.4, 0.5) is 24.8 Å². The van der Waals surface area contributed by atoms with E-state index < -0.39 is 22.8 Å². The highest BCUT2D eigenvalue weighted by molar-refractivity contribution is 7.84. The van der Waals surface area contributed by atoms with E-state index in [1.54, 1.807) is 0 Å². The molecule has 0 aliphatic rings. The van der Waals surface area contributed by atoms with Crippen molar-refractivity contribution in [2.75, 3.05) is 29.6 Å². The Morgan fingerprint density at radius 1 is 1.47 bits per heavy atom. The van der Waals surface area contributed by atoms with Crippen molar-refractivity contribution in [3.63, 3.8) is 0 Å². The van der Waals surface area contributed by atoms with Crippen molar-refractivity contribution in [2.24, 2.45) is 0 Å². The summed E-state index contributed by atoms with van der Waals surface area (Å²) in [6.07, 6.45) is -3.14. The van der Waals surface area contributed by atoms with Crippen molar-refractivity contribution in [1.82, 2.24) is 9.97 Å². The van der Waals surface area contributed by atoms with E-state index in [0.717, 1.165) is 0 Å². The van der Waals surface area contributed by atoms with E-state index >= 15 is 0 Å². The van der Waals surface area contributed by atoms with Gasteiger partial charge in [-0.1, -0.05) is 0 Å². The summed E-state index contributed by atoms with van der Waals surface area (Å²) in [5.41, 5.74) is 5.24. The van der Waals surface area contributed by atoms with Crippen molar-refractivity contribution in [3.05, 3.63) is 11.9 Å². The van der Waals surface area contributed by atoms with Crippen molar-refractivity contribution >= 4 is 22.4 Å². The zero-order chi connectivity index (χ0) is 13.1. The van der Waals surface area contributed by atoms with Gasteiger partial charge in [-0.25, -0.2) is 9.97 Å². The summed E-state index contributed by atoms with van der Waals surface area (Å²) < 4.78 is 47.8. The molecule has 1 heterocycles. The van der Waals surface area contributed by atoms with Crippen LogP contribution in [-0.4, -0.2) is 32.7 Å². The lowest BCUT2D eigenvalue weighted by molar-refractivity contribution is -0.144. The Hall–Kier alpha value is -1.38. The van der Waals surface area contributed by atoms with E-state index in [0.29, 0.717) is 5.75 Å². The maximum Gasteiger partial charge on any atom is 0.451 e. The second kappa shape index (κ2) is 5.30. The third-order valence-corrected chi connectivity index (χ3v) is 2.47. The molecular formula is C8H11F3N4OS. The number of halogens is 3. The predicted molar refractivity (Wildman–Crippen MR) is 58.9 cm³/mol. The average Bonchev–Trinajstić information content (AvgIpc) is 2.14. The Kier molecular flexibility index (Phi) is 4.27. The lowest BCUT2D eigenvalue weighted by Crippen LogP contribution is -2.16. The van der Waals surface area contributed by atoms with E-state index in [1.165, 1.54) is 12.3 Å². The summed E-state index contributed by atoms with van der Waals surface area (Å²) in [6, 6.07) is 1.19.